The molecule has 1 saturated heterocycles. The van der Waals surface area contributed by atoms with Gasteiger partial charge in [-0.25, -0.2) is 21.9 Å². The minimum atomic E-state index is -4.00. The molecule has 2 rings (SSSR count). The molecule has 1 aromatic carbocycles. The van der Waals surface area contributed by atoms with Crippen LogP contribution in [0.2, 0.25) is 0 Å². The van der Waals surface area contributed by atoms with Gasteiger partial charge in [-0.2, -0.15) is 0 Å². The van der Waals surface area contributed by atoms with Crippen LogP contribution in [0.15, 0.2) is 23.1 Å². The number of nitrogens with zero attached hydrogens (tertiary/aromatic N) is 1. The molecule has 1 aliphatic rings. The molecule has 1 fully saturated rings. The fourth-order valence-electron chi connectivity index (χ4n) is 2.41. The van der Waals surface area contributed by atoms with Crippen molar-refractivity contribution in [2.24, 2.45) is 0 Å². The van der Waals surface area contributed by atoms with Crippen LogP contribution in [0, 0.1) is 11.6 Å². The molecule has 0 saturated carbocycles. The van der Waals surface area contributed by atoms with Crippen LogP contribution in [0.3, 0.4) is 0 Å². The van der Waals surface area contributed by atoms with Gasteiger partial charge in [0.25, 0.3) is 0 Å². The predicted molar refractivity (Wildman–Crippen MR) is 82.8 cm³/mol. The first-order chi connectivity index (χ1) is 11.1. The largest absolute Gasteiger partial charge is 0.372 e. The van der Waals surface area contributed by atoms with Gasteiger partial charge in [0.05, 0.1) is 17.1 Å². The summed E-state index contributed by atoms with van der Waals surface area (Å²) in [6.07, 6.45) is -0.0288. The first kappa shape index (κ1) is 18.8. The van der Waals surface area contributed by atoms with Gasteiger partial charge in [0.1, 0.15) is 0 Å². The molecule has 1 N–H and O–H groups in total. The molecule has 1 amide bonds. The number of benzene rings is 1. The van der Waals surface area contributed by atoms with Crippen molar-refractivity contribution in [3.63, 3.8) is 0 Å². The lowest BCUT2D eigenvalue weighted by Crippen LogP contribution is -2.51. The van der Waals surface area contributed by atoms with Crippen molar-refractivity contribution in [2.45, 2.75) is 30.8 Å². The van der Waals surface area contributed by atoms with Crippen LogP contribution in [0.1, 0.15) is 20.3 Å². The molecule has 24 heavy (non-hydrogen) atoms. The van der Waals surface area contributed by atoms with Crippen molar-refractivity contribution in [3.8, 4) is 0 Å². The van der Waals surface area contributed by atoms with E-state index in [0.29, 0.717) is 25.8 Å². The van der Waals surface area contributed by atoms with E-state index < -0.39 is 27.3 Å². The standard InChI is InChI=1S/C15H20F2N2O4S/c1-15(2)10-19(7-8-23-15)14(20)5-6-18-24(21,22)11-3-4-12(16)13(17)9-11/h3-4,9,18H,5-8,10H2,1-2H3. The van der Waals surface area contributed by atoms with Gasteiger partial charge >= 0.3 is 0 Å². The summed E-state index contributed by atoms with van der Waals surface area (Å²) in [5, 5.41) is 0. The quantitative estimate of drug-likeness (QED) is 0.856. The molecule has 0 unspecified atom stereocenters. The molecular formula is C15H20F2N2O4S. The normalized spacial score (nSPS) is 17.8. The smallest absolute Gasteiger partial charge is 0.240 e. The summed E-state index contributed by atoms with van der Waals surface area (Å²) in [5.74, 6) is -2.57. The Bertz CT molecular complexity index is 722. The SMILES string of the molecule is CC1(C)CN(C(=O)CCNS(=O)(=O)c2ccc(F)c(F)c2)CCO1. The van der Waals surface area contributed by atoms with Gasteiger partial charge < -0.3 is 9.64 Å². The van der Waals surface area contributed by atoms with E-state index in [1.54, 1.807) is 4.90 Å². The predicted octanol–water partition coefficient (Wildman–Crippen LogP) is 1.27. The summed E-state index contributed by atoms with van der Waals surface area (Å²) in [7, 11) is -4.00. The zero-order valence-corrected chi connectivity index (χ0v) is 14.3. The molecular weight excluding hydrogens is 342 g/mol. The Balaban J connectivity index is 1.90. The van der Waals surface area contributed by atoms with Crippen LogP contribution in [0.25, 0.3) is 0 Å². The topological polar surface area (TPSA) is 75.7 Å². The van der Waals surface area contributed by atoms with Crippen molar-refractivity contribution in [3.05, 3.63) is 29.8 Å². The number of carbonyl (C=O) groups excluding carboxylic acids is 1. The van der Waals surface area contributed by atoms with E-state index in [0.717, 1.165) is 12.1 Å². The first-order valence-corrected chi connectivity index (χ1v) is 8.95. The summed E-state index contributed by atoms with van der Waals surface area (Å²) in [4.78, 5) is 13.4. The zero-order chi connectivity index (χ0) is 18.0. The molecule has 1 heterocycles. The van der Waals surface area contributed by atoms with E-state index in [1.165, 1.54) is 0 Å². The van der Waals surface area contributed by atoms with Crippen LogP contribution in [-0.4, -0.2) is 51.1 Å². The molecule has 1 aromatic rings. The van der Waals surface area contributed by atoms with Crippen molar-refractivity contribution in [1.29, 1.82) is 0 Å². The van der Waals surface area contributed by atoms with Gasteiger partial charge in [-0.3, -0.25) is 4.79 Å². The molecule has 0 radical (unpaired) electrons. The Kier molecular flexibility index (Phi) is 5.56. The lowest BCUT2D eigenvalue weighted by atomic mass is 10.1. The Morgan fingerprint density at radius 1 is 1.33 bits per heavy atom. The van der Waals surface area contributed by atoms with Crippen molar-refractivity contribution in [2.75, 3.05) is 26.2 Å². The second-order valence-corrected chi connectivity index (χ2v) is 7.91. The van der Waals surface area contributed by atoms with Gasteiger partial charge in [-0.1, -0.05) is 0 Å². The average molecular weight is 362 g/mol. The second kappa shape index (κ2) is 7.12. The Morgan fingerprint density at radius 2 is 2.04 bits per heavy atom. The number of halogens is 2. The van der Waals surface area contributed by atoms with E-state index in [9.17, 15) is 22.0 Å². The minimum Gasteiger partial charge on any atom is -0.372 e. The number of nitrogens with one attached hydrogen (secondary N) is 1. The highest BCUT2D eigenvalue weighted by atomic mass is 32.2. The van der Waals surface area contributed by atoms with Crippen LogP contribution in [0.4, 0.5) is 8.78 Å². The first-order valence-electron chi connectivity index (χ1n) is 7.47. The highest BCUT2D eigenvalue weighted by molar-refractivity contribution is 7.89. The van der Waals surface area contributed by atoms with E-state index in [2.05, 4.69) is 4.72 Å². The molecule has 0 aromatic heterocycles. The van der Waals surface area contributed by atoms with Crippen molar-refractivity contribution >= 4 is 15.9 Å². The summed E-state index contributed by atoms with van der Waals surface area (Å²) in [6.45, 7) is 4.94. The number of hydrogen-bond acceptors (Lipinski definition) is 4. The Hall–Kier alpha value is -1.58. The molecule has 6 nitrogen and oxygen atoms in total. The Labute approximate surface area is 139 Å². The van der Waals surface area contributed by atoms with Crippen LogP contribution >= 0.6 is 0 Å². The fraction of sp³-hybridized carbons (Fsp3) is 0.533. The monoisotopic (exact) mass is 362 g/mol. The van der Waals surface area contributed by atoms with Crippen LogP contribution < -0.4 is 4.72 Å². The molecule has 1 aliphatic heterocycles. The average Bonchev–Trinajstić information content (AvgIpc) is 2.48. The second-order valence-electron chi connectivity index (χ2n) is 6.15. The minimum absolute atomic E-state index is 0.0288. The van der Waals surface area contributed by atoms with E-state index in [4.69, 9.17) is 4.74 Å². The van der Waals surface area contributed by atoms with E-state index in [-0.39, 0.29) is 23.8 Å². The summed E-state index contributed by atoms with van der Waals surface area (Å²) >= 11 is 0. The number of hydrogen-bond donors (Lipinski definition) is 1. The fourth-order valence-corrected chi connectivity index (χ4v) is 3.45. The maximum Gasteiger partial charge on any atom is 0.240 e. The third-order valence-electron chi connectivity index (χ3n) is 3.61. The van der Waals surface area contributed by atoms with Gasteiger partial charge in [0, 0.05) is 26.1 Å². The van der Waals surface area contributed by atoms with Gasteiger partial charge in [-0.05, 0) is 32.0 Å². The van der Waals surface area contributed by atoms with Crippen molar-refractivity contribution < 1.29 is 26.7 Å². The number of carbonyl (C=O) groups is 1. The maximum atomic E-state index is 13.1. The zero-order valence-electron chi connectivity index (χ0n) is 13.5. The lowest BCUT2D eigenvalue weighted by molar-refractivity contribution is -0.145. The molecule has 0 aliphatic carbocycles. The summed E-state index contributed by atoms with van der Waals surface area (Å²) in [6, 6.07) is 2.31. The van der Waals surface area contributed by atoms with E-state index >= 15 is 0 Å². The number of rotatable bonds is 5. The molecule has 134 valence electrons. The number of ether oxygens (including phenoxy) is 1. The third-order valence-corrected chi connectivity index (χ3v) is 5.07. The van der Waals surface area contributed by atoms with Gasteiger partial charge in [0.2, 0.25) is 15.9 Å². The molecule has 9 heteroatoms. The van der Waals surface area contributed by atoms with E-state index in [1.807, 2.05) is 13.8 Å². The number of morpholine rings is 1. The number of amides is 1. The molecule has 0 spiro atoms. The van der Waals surface area contributed by atoms with Crippen LogP contribution in [-0.2, 0) is 19.6 Å². The molecule has 0 atom stereocenters. The summed E-state index contributed by atoms with van der Waals surface area (Å²) in [5.41, 5.74) is -0.431. The lowest BCUT2D eigenvalue weighted by Gasteiger charge is -2.38. The van der Waals surface area contributed by atoms with Crippen LogP contribution in [0.5, 0.6) is 0 Å². The third kappa shape index (κ3) is 4.71. The summed E-state index contributed by atoms with van der Waals surface area (Å²) < 4.78 is 57.7. The van der Waals surface area contributed by atoms with Gasteiger partial charge in [0.15, 0.2) is 11.6 Å². The highest BCUT2D eigenvalue weighted by Gasteiger charge is 2.29. The van der Waals surface area contributed by atoms with Crippen molar-refractivity contribution in [1.82, 2.24) is 9.62 Å². The molecule has 0 bridgehead atoms. The highest BCUT2D eigenvalue weighted by Crippen LogP contribution is 2.17. The van der Waals surface area contributed by atoms with Gasteiger partial charge in [-0.15, -0.1) is 0 Å². The maximum absolute atomic E-state index is 13.1. The Morgan fingerprint density at radius 3 is 2.67 bits per heavy atom. The number of sulfonamides is 1.